The average molecular weight is 266 g/mol. The Bertz CT molecular complexity index is 504. The Hall–Kier alpha value is -1.94. The average Bonchev–Trinajstić information content (AvgIpc) is 2.65. The Morgan fingerprint density at radius 2 is 2.11 bits per heavy atom. The topological polar surface area (TPSA) is 94.9 Å². The highest BCUT2D eigenvalue weighted by Crippen LogP contribution is 2.24. The van der Waals surface area contributed by atoms with Crippen molar-refractivity contribution in [3.8, 4) is 6.07 Å². The molecule has 0 aliphatic heterocycles. The van der Waals surface area contributed by atoms with Crippen molar-refractivity contribution in [2.45, 2.75) is 26.8 Å². The summed E-state index contributed by atoms with van der Waals surface area (Å²) in [6, 6.07) is 1.45. The van der Waals surface area contributed by atoms with Crippen molar-refractivity contribution in [2.24, 2.45) is 0 Å². The standard InChI is InChI=1S/C11H14N4O2S/c1-6-9(18-8(3)14-6)7(2)15-11(17)10(16)13-5-4-12/h7H,5H2,1-3H3,(H,13,16)(H,15,17). The van der Waals surface area contributed by atoms with Crippen molar-refractivity contribution in [3.63, 3.8) is 0 Å². The van der Waals surface area contributed by atoms with Crippen LogP contribution >= 0.6 is 11.3 Å². The third-order valence-corrected chi connectivity index (χ3v) is 3.47. The molecule has 0 aliphatic rings. The van der Waals surface area contributed by atoms with E-state index in [2.05, 4.69) is 15.6 Å². The van der Waals surface area contributed by atoms with Gasteiger partial charge in [-0.15, -0.1) is 11.3 Å². The van der Waals surface area contributed by atoms with E-state index < -0.39 is 11.8 Å². The quantitative estimate of drug-likeness (QED) is 0.618. The van der Waals surface area contributed by atoms with Crippen LogP contribution in [0.2, 0.25) is 0 Å². The number of amides is 2. The minimum atomic E-state index is -0.803. The molecular weight excluding hydrogens is 252 g/mol. The van der Waals surface area contributed by atoms with Crippen LogP contribution in [0.4, 0.5) is 0 Å². The number of hydrogen-bond acceptors (Lipinski definition) is 5. The van der Waals surface area contributed by atoms with Gasteiger partial charge in [-0.1, -0.05) is 0 Å². The molecular formula is C11H14N4O2S. The third-order valence-electron chi connectivity index (χ3n) is 2.21. The van der Waals surface area contributed by atoms with Crippen LogP contribution in [0.15, 0.2) is 0 Å². The van der Waals surface area contributed by atoms with E-state index in [1.807, 2.05) is 13.8 Å². The highest BCUT2D eigenvalue weighted by atomic mass is 32.1. The van der Waals surface area contributed by atoms with Crippen molar-refractivity contribution >= 4 is 23.2 Å². The molecule has 0 saturated carbocycles. The number of carbonyl (C=O) groups excluding carboxylic acids is 2. The van der Waals surface area contributed by atoms with E-state index in [0.29, 0.717) is 0 Å². The molecule has 6 nitrogen and oxygen atoms in total. The van der Waals surface area contributed by atoms with Crippen molar-refractivity contribution in [1.82, 2.24) is 15.6 Å². The summed E-state index contributed by atoms with van der Waals surface area (Å²) >= 11 is 1.48. The SMILES string of the molecule is Cc1nc(C)c(C(C)NC(=O)C(=O)NCC#N)s1. The zero-order valence-electron chi connectivity index (χ0n) is 10.4. The number of hydrogen-bond donors (Lipinski definition) is 2. The zero-order valence-corrected chi connectivity index (χ0v) is 11.2. The van der Waals surface area contributed by atoms with Crippen LogP contribution < -0.4 is 10.6 Å². The van der Waals surface area contributed by atoms with Gasteiger partial charge >= 0.3 is 11.8 Å². The predicted molar refractivity (Wildman–Crippen MR) is 66.8 cm³/mol. The number of nitrogens with zero attached hydrogens (tertiary/aromatic N) is 2. The molecule has 0 fully saturated rings. The first-order valence-corrected chi connectivity index (χ1v) is 6.17. The number of nitrogens with one attached hydrogen (secondary N) is 2. The van der Waals surface area contributed by atoms with Crippen LogP contribution in [0.25, 0.3) is 0 Å². The predicted octanol–water partition coefficient (Wildman–Crippen LogP) is 0.577. The van der Waals surface area contributed by atoms with Crippen LogP contribution in [0.5, 0.6) is 0 Å². The molecule has 0 bridgehead atoms. The van der Waals surface area contributed by atoms with E-state index in [-0.39, 0.29) is 12.6 Å². The van der Waals surface area contributed by atoms with Crippen LogP contribution in [-0.4, -0.2) is 23.3 Å². The summed E-state index contributed by atoms with van der Waals surface area (Å²) in [7, 11) is 0. The molecule has 1 atom stereocenters. The van der Waals surface area contributed by atoms with Gasteiger partial charge in [0.1, 0.15) is 6.54 Å². The third kappa shape index (κ3) is 3.53. The Morgan fingerprint density at radius 3 is 2.61 bits per heavy atom. The van der Waals surface area contributed by atoms with Gasteiger partial charge in [0.15, 0.2) is 0 Å². The van der Waals surface area contributed by atoms with E-state index in [1.165, 1.54) is 11.3 Å². The summed E-state index contributed by atoms with van der Waals surface area (Å²) in [5.41, 5.74) is 0.850. The number of carbonyl (C=O) groups is 2. The second-order valence-corrected chi connectivity index (χ2v) is 4.95. The second-order valence-electron chi connectivity index (χ2n) is 3.72. The fourth-order valence-electron chi connectivity index (χ4n) is 1.48. The van der Waals surface area contributed by atoms with E-state index in [4.69, 9.17) is 5.26 Å². The van der Waals surface area contributed by atoms with Crippen molar-refractivity contribution in [3.05, 3.63) is 15.6 Å². The lowest BCUT2D eigenvalue weighted by Crippen LogP contribution is -2.41. The maximum absolute atomic E-state index is 11.5. The molecule has 7 heteroatoms. The molecule has 1 heterocycles. The molecule has 0 aromatic carbocycles. The summed E-state index contributed by atoms with van der Waals surface area (Å²) in [5.74, 6) is -1.55. The Balaban J connectivity index is 2.62. The summed E-state index contributed by atoms with van der Waals surface area (Å²) in [6.45, 7) is 5.35. The fourth-order valence-corrected chi connectivity index (χ4v) is 2.41. The Kier molecular flexibility index (Phi) is 4.80. The van der Waals surface area contributed by atoms with Crippen LogP contribution in [-0.2, 0) is 9.59 Å². The van der Waals surface area contributed by atoms with E-state index in [0.717, 1.165) is 15.6 Å². The van der Waals surface area contributed by atoms with E-state index in [9.17, 15) is 9.59 Å². The minimum Gasteiger partial charge on any atom is -0.340 e. The highest BCUT2D eigenvalue weighted by molar-refractivity contribution is 7.11. The normalized spacial score (nSPS) is 11.4. The molecule has 1 aromatic rings. The van der Waals surface area contributed by atoms with Crippen LogP contribution in [0.1, 0.15) is 28.5 Å². The summed E-state index contributed by atoms with van der Waals surface area (Å²) in [6.07, 6.45) is 0. The lowest BCUT2D eigenvalue weighted by molar-refractivity contribution is -0.139. The number of aryl methyl sites for hydroxylation is 2. The van der Waals surface area contributed by atoms with Crippen molar-refractivity contribution < 1.29 is 9.59 Å². The summed E-state index contributed by atoms with van der Waals surface area (Å²) in [5, 5.41) is 14.0. The molecule has 0 saturated heterocycles. The molecule has 1 unspecified atom stereocenters. The number of rotatable bonds is 3. The van der Waals surface area contributed by atoms with Gasteiger partial charge in [0.2, 0.25) is 0 Å². The number of thiazole rings is 1. The number of aromatic nitrogens is 1. The summed E-state index contributed by atoms with van der Waals surface area (Å²) in [4.78, 5) is 28.0. The lowest BCUT2D eigenvalue weighted by Gasteiger charge is -2.12. The van der Waals surface area contributed by atoms with Gasteiger partial charge in [-0.25, -0.2) is 4.98 Å². The highest BCUT2D eigenvalue weighted by Gasteiger charge is 2.19. The van der Waals surface area contributed by atoms with Crippen LogP contribution in [0, 0.1) is 25.2 Å². The van der Waals surface area contributed by atoms with Gasteiger partial charge in [0.25, 0.3) is 0 Å². The first-order chi connectivity index (χ1) is 8.45. The van der Waals surface area contributed by atoms with E-state index >= 15 is 0 Å². The van der Waals surface area contributed by atoms with Gasteiger partial charge in [0, 0.05) is 4.88 Å². The Labute approximate surface area is 109 Å². The van der Waals surface area contributed by atoms with E-state index in [1.54, 1.807) is 13.0 Å². The van der Waals surface area contributed by atoms with Crippen molar-refractivity contribution in [1.29, 1.82) is 5.26 Å². The lowest BCUT2D eigenvalue weighted by atomic mass is 10.2. The van der Waals surface area contributed by atoms with Crippen LogP contribution in [0.3, 0.4) is 0 Å². The monoisotopic (exact) mass is 266 g/mol. The molecule has 2 amide bonds. The maximum Gasteiger partial charge on any atom is 0.310 e. The van der Waals surface area contributed by atoms with Gasteiger partial charge in [0.05, 0.1) is 22.8 Å². The first kappa shape index (κ1) is 14.1. The largest absolute Gasteiger partial charge is 0.340 e. The smallest absolute Gasteiger partial charge is 0.310 e. The zero-order chi connectivity index (χ0) is 13.7. The molecule has 0 spiro atoms. The van der Waals surface area contributed by atoms with Crippen molar-refractivity contribution in [2.75, 3.05) is 6.54 Å². The molecule has 2 N–H and O–H groups in total. The molecule has 1 rings (SSSR count). The molecule has 0 radical (unpaired) electrons. The fraction of sp³-hybridized carbons (Fsp3) is 0.455. The molecule has 1 aromatic heterocycles. The van der Waals surface area contributed by atoms with Gasteiger partial charge in [-0.05, 0) is 20.8 Å². The maximum atomic E-state index is 11.5. The number of nitriles is 1. The summed E-state index contributed by atoms with van der Waals surface area (Å²) < 4.78 is 0. The first-order valence-electron chi connectivity index (χ1n) is 5.35. The van der Waals surface area contributed by atoms with Gasteiger partial charge in [-0.2, -0.15) is 5.26 Å². The second kappa shape index (κ2) is 6.12. The van der Waals surface area contributed by atoms with Gasteiger partial charge in [-0.3, -0.25) is 9.59 Å². The van der Waals surface area contributed by atoms with Gasteiger partial charge < -0.3 is 10.6 Å². The molecule has 96 valence electrons. The Morgan fingerprint density at radius 1 is 1.44 bits per heavy atom. The molecule has 0 aliphatic carbocycles. The minimum absolute atomic E-state index is 0.181. The molecule has 18 heavy (non-hydrogen) atoms.